The molecule has 0 radical (unpaired) electrons. The van der Waals surface area contributed by atoms with Crippen molar-refractivity contribution in [2.24, 2.45) is 0 Å². The van der Waals surface area contributed by atoms with Crippen LogP contribution in [0.25, 0.3) is 0 Å². The van der Waals surface area contributed by atoms with Crippen molar-refractivity contribution in [2.45, 2.75) is 148 Å². The van der Waals surface area contributed by atoms with Crippen LogP contribution >= 0.6 is 0 Å². The topological polar surface area (TPSA) is 142 Å². The van der Waals surface area contributed by atoms with E-state index < -0.39 is 65.2 Å². The van der Waals surface area contributed by atoms with Crippen molar-refractivity contribution in [1.82, 2.24) is 15.5 Å². The van der Waals surface area contributed by atoms with Gasteiger partial charge in [0.1, 0.15) is 29.9 Å². The van der Waals surface area contributed by atoms with Crippen LogP contribution in [-0.4, -0.2) is 83.2 Å². The average molecular weight is 674 g/mol. The largest absolute Gasteiger partial charge is 0.459 e. The van der Waals surface area contributed by atoms with Gasteiger partial charge < -0.3 is 34.2 Å². The molecule has 268 valence electrons. The zero-order chi connectivity index (χ0) is 36.0. The van der Waals surface area contributed by atoms with E-state index in [2.05, 4.69) is 10.6 Å². The number of hydrogen-bond acceptors (Lipinski definition) is 9. The number of likely N-dealkylation sites (tertiary alicyclic amines) is 1. The van der Waals surface area contributed by atoms with E-state index in [0.717, 1.165) is 5.56 Å². The summed E-state index contributed by atoms with van der Waals surface area (Å²) < 4.78 is 29.3. The van der Waals surface area contributed by atoms with Gasteiger partial charge in [-0.05, 0) is 94.0 Å². The predicted octanol–water partition coefficient (Wildman–Crippen LogP) is 5.77. The zero-order valence-electron chi connectivity index (χ0n) is 30.5. The third-order valence-corrected chi connectivity index (χ3v) is 8.75. The van der Waals surface area contributed by atoms with Gasteiger partial charge in [-0.2, -0.15) is 0 Å². The third-order valence-electron chi connectivity index (χ3n) is 8.75. The Morgan fingerprint density at radius 1 is 0.917 bits per heavy atom. The highest BCUT2D eigenvalue weighted by Gasteiger charge is 2.53. The number of hydrogen-bond donors (Lipinski definition) is 2. The van der Waals surface area contributed by atoms with Crippen LogP contribution in [0.15, 0.2) is 30.3 Å². The van der Waals surface area contributed by atoms with E-state index in [1.165, 1.54) is 4.90 Å². The molecule has 0 aliphatic carbocycles. The maximum absolute atomic E-state index is 14.3. The summed E-state index contributed by atoms with van der Waals surface area (Å²) in [6.07, 6.45) is 1.22. The van der Waals surface area contributed by atoms with Gasteiger partial charge in [-0.25, -0.2) is 14.4 Å². The van der Waals surface area contributed by atoms with Gasteiger partial charge in [0.25, 0.3) is 0 Å². The number of benzene rings is 1. The monoisotopic (exact) mass is 673 g/mol. The Hall–Kier alpha value is -3.32. The summed E-state index contributed by atoms with van der Waals surface area (Å²) in [5.41, 5.74) is -3.05. The van der Waals surface area contributed by atoms with Crippen molar-refractivity contribution in [3.05, 3.63) is 35.9 Å². The van der Waals surface area contributed by atoms with Crippen molar-refractivity contribution in [3.8, 4) is 0 Å². The molecule has 1 aromatic carbocycles. The van der Waals surface area contributed by atoms with E-state index in [1.807, 2.05) is 58.0 Å². The number of nitrogens with zero attached hydrogens (tertiary/aromatic N) is 1. The number of carbonyl (C=O) groups excluding carboxylic acids is 4. The molecular weight excluding hydrogens is 617 g/mol. The van der Waals surface area contributed by atoms with Crippen molar-refractivity contribution in [3.63, 3.8) is 0 Å². The highest BCUT2D eigenvalue weighted by atomic mass is 16.7. The standard InChI is InChI=1S/C35H56BN3O9/c1-31(2,3)45-29(42)37-23-27(40)38-26-18-21-39(30(43)46-32(4,5)6)35(22-26,28(41)44-24-25-16-12-11-13-17-25)19-14-15-20-36-47-33(7,8)34(9,10)48-36/h11-13,16-17,26H,14-15,18-24H2,1-10H3,(H,37,42)(H,38,40)/t26-,35+/m0/s1. The minimum absolute atomic E-state index is 0.0222. The molecule has 3 rings (SSSR count). The van der Waals surface area contributed by atoms with Crippen LogP contribution in [0.5, 0.6) is 0 Å². The highest BCUT2D eigenvalue weighted by Crippen LogP contribution is 2.40. The van der Waals surface area contributed by atoms with Gasteiger partial charge in [0.2, 0.25) is 5.91 Å². The van der Waals surface area contributed by atoms with E-state index in [1.54, 1.807) is 41.5 Å². The van der Waals surface area contributed by atoms with Crippen molar-refractivity contribution in [2.75, 3.05) is 13.1 Å². The summed E-state index contributed by atoms with van der Waals surface area (Å²) >= 11 is 0. The Bertz CT molecular complexity index is 1260. The smallest absolute Gasteiger partial charge is 0.457 e. The van der Waals surface area contributed by atoms with Crippen LogP contribution in [0.1, 0.15) is 107 Å². The first-order valence-electron chi connectivity index (χ1n) is 17.0. The molecule has 3 amide bonds. The number of unbranched alkanes of at least 4 members (excludes halogenated alkanes) is 1. The normalized spacial score (nSPS) is 22.1. The molecule has 2 aliphatic heterocycles. The summed E-state index contributed by atoms with van der Waals surface area (Å²) in [6.45, 7) is 18.4. The Labute approximate surface area is 286 Å². The predicted molar refractivity (Wildman–Crippen MR) is 182 cm³/mol. The zero-order valence-corrected chi connectivity index (χ0v) is 30.5. The lowest BCUT2D eigenvalue weighted by atomic mass is 9.77. The van der Waals surface area contributed by atoms with Crippen LogP contribution in [0.3, 0.4) is 0 Å². The van der Waals surface area contributed by atoms with Crippen molar-refractivity contribution >= 4 is 31.2 Å². The van der Waals surface area contributed by atoms with E-state index in [0.29, 0.717) is 25.6 Å². The second-order valence-electron chi connectivity index (χ2n) is 15.8. The van der Waals surface area contributed by atoms with Gasteiger partial charge in [-0.15, -0.1) is 0 Å². The van der Waals surface area contributed by atoms with Crippen LogP contribution in [0, 0.1) is 0 Å². The number of amides is 3. The Kier molecular flexibility index (Phi) is 12.6. The molecule has 0 unspecified atom stereocenters. The van der Waals surface area contributed by atoms with E-state index >= 15 is 0 Å². The average Bonchev–Trinajstić information content (AvgIpc) is 3.17. The van der Waals surface area contributed by atoms with Gasteiger partial charge in [0, 0.05) is 19.0 Å². The highest BCUT2D eigenvalue weighted by molar-refractivity contribution is 6.45. The summed E-state index contributed by atoms with van der Waals surface area (Å²) in [4.78, 5) is 54.6. The first-order chi connectivity index (χ1) is 22.1. The molecule has 0 saturated carbocycles. The fourth-order valence-corrected chi connectivity index (χ4v) is 5.77. The molecular formula is C35H56BN3O9. The van der Waals surface area contributed by atoms with E-state index in [9.17, 15) is 19.2 Å². The van der Waals surface area contributed by atoms with Gasteiger partial charge in [0.05, 0.1) is 11.2 Å². The molecule has 48 heavy (non-hydrogen) atoms. The van der Waals surface area contributed by atoms with Crippen molar-refractivity contribution < 1.29 is 42.7 Å². The molecule has 2 fully saturated rings. The van der Waals surface area contributed by atoms with Crippen LogP contribution < -0.4 is 10.6 Å². The molecule has 0 aromatic heterocycles. The molecule has 12 nitrogen and oxygen atoms in total. The first kappa shape index (κ1) is 39.1. The summed E-state index contributed by atoms with van der Waals surface area (Å²) in [5, 5.41) is 5.42. The second-order valence-corrected chi connectivity index (χ2v) is 15.8. The number of esters is 1. The molecule has 0 spiro atoms. The Morgan fingerprint density at radius 3 is 2.10 bits per heavy atom. The Balaban J connectivity index is 1.83. The molecule has 2 aliphatic rings. The summed E-state index contributed by atoms with van der Waals surface area (Å²) in [5.74, 6) is -1.01. The lowest BCUT2D eigenvalue weighted by Gasteiger charge is -2.47. The minimum Gasteiger partial charge on any atom is -0.459 e. The lowest BCUT2D eigenvalue weighted by Crippen LogP contribution is -2.65. The molecule has 2 saturated heterocycles. The van der Waals surface area contributed by atoms with Gasteiger partial charge in [0.15, 0.2) is 0 Å². The maximum Gasteiger partial charge on any atom is 0.457 e. The molecule has 2 N–H and O–H groups in total. The van der Waals surface area contributed by atoms with Crippen LogP contribution in [-0.2, 0) is 39.7 Å². The summed E-state index contributed by atoms with van der Waals surface area (Å²) in [7, 11) is -0.395. The lowest BCUT2D eigenvalue weighted by molar-refractivity contribution is -0.164. The van der Waals surface area contributed by atoms with Gasteiger partial charge >= 0.3 is 25.3 Å². The number of nitrogens with one attached hydrogen (secondary N) is 2. The minimum atomic E-state index is -1.43. The fraction of sp³-hybridized carbons (Fsp3) is 0.714. The maximum atomic E-state index is 14.3. The van der Waals surface area contributed by atoms with Gasteiger partial charge in [-0.3, -0.25) is 9.69 Å². The van der Waals surface area contributed by atoms with E-state index in [4.69, 9.17) is 23.5 Å². The number of rotatable bonds is 11. The third kappa shape index (κ3) is 11.1. The molecule has 1 aromatic rings. The SMILES string of the molecule is CC(C)(C)OC(=O)NCC(=O)N[C@H]1CCN(C(=O)OC(C)(C)C)[C@@](CCCCB2OC(C)(C)C(C)(C)O2)(C(=O)OCc2ccccc2)C1. The Morgan fingerprint density at radius 2 is 1.52 bits per heavy atom. The quantitative estimate of drug-likeness (QED) is 0.130. The number of carbonyl (C=O) groups is 4. The van der Waals surface area contributed by atoms with E-state index in [-0.39, 0.29) is 32.5 Å². The van der Waals surface area contributed by atoms with Crippen LogP contribution in [0.4, 0.5) is 9.59 Å². The fourth-order valence-electron chi connectivity index (χ4n) is 5.77. The van der Waals surface area contributed by atoms with Crippen molar-refractivity contribution in [1.29, 1.82) is 0 Å². The van der Waals surface area contributed by atoms with Gasteiger partial charge in [-0.1, -0.05) is 43.2 Å². The molecule has 13 heteroatoms. The molecule has 2 atom stereocenters. The first-order valence-corrected chi connectivity index (χ1v) is 17.0. The van der Waals surface area contributed by atoms with Crippen LogP contribution in [0.2, 0.25) is 6.32 Å². The molecule has 0 bridgehead atoms. The summed E-state index contributed by atoms with van der Waals surface area (Å²) in [6, 6.07) is 8.83. The number of alkyl carbamates (subject to hydrolysis) is 1. The second kappa shape index (κ2) is 15.5. The molecule has 2 heterocycles. The number of piperidine rings is 1. The number of ether oxygens (including phenoxy) is 3.